The van der Waals surface area contributed by atoms with Gasteiger partial charge in [-0.2, -0.15) is 0 Å². The third-order valence-electron chi connectivity index (χ3n) is 0.872. The van der Waals surface area contributed by atoms with Crippen LogP contribution in [-0.4, -0.2) is 12.0 Å². The maximum atomic E-state index is 6.91. The molecule has 0 amide bonds. The largest absolute Gasteiger partial charge is 0.387 e. The lowest BCUT2D eigenvalue weighted by molar-refractivity contribution is 1.27. The average molecular weight is 190 g/mol. The highest BCUT2D eigenvalue weighted by Gasteiger charge is 1.86. The van der Waals surface area contributed by atoms with Gasteiger partial charge in [0.2, 0.25) is 0 Å². The molecule has 0 radical (unpaired) electrons. The molecule has 1 aromatic heterocycles. The van der Waals surface area contributed by atoms with Crippen molar-refractivity contribution in [3.8, 4) is 0 Å². The van der Waals surface area contributed by atoms with Crippen molar-refractivity contribution >= 4 is 21.6 Å². The molecule has 0 aromatic carbocycles. The summed E-state index contributed by atoms with van der Waals surface area (Å²) in [6, 6.07) is 3.32. The van der Waals surface area contributed by atoms with Crippen LogP contribution in [0.25, 0.3) is 0 Å². The first-order valence-corrected chi connectivity index (χ1v) is 3.16. The zero-order valence-electron chi connectivity index (χ0n) is 7.56. The second-order valence-corrected chi connectivity index (χ2v) is 2.31. The van der Waals surface area contributed by atoms with Crippen LogP contribution in [0.5, 0.6) is 0 Å². The predicted octanol–water partition coefficient (Wildman–Crippen LogP) is 1.89. The lowest BCUT2D eigenvalue weighted by Crippen LogP contribution is -1.87. The Kier molecular flexibility index (Phi) is 1.12. The minimum Gasteiger partial charge on any atom is -0.387 e. The molecule has 0 bridgehead atoms. The van der Waals surface area contributed by atoms with E-state index in [1.54, 1.807) is 12.1 Å². The van der Waals surface area contributed by atoms with Crippen molar-refractivity contribution in [2.75, 3.05) is 12.3 Å². The van der Waals surface area contributed by atoms with Crippen molar-refractivity contribution in [1.29, 1.82) is 0 Å². The molecule has 48 valence electrons. The third kappa shape index (κ3) is 1.68. The van der Waals surface area contributed by atoms with Crippen LogP contribution in [0.15, 0.2) is 22.9 Å². The standard InChI is InChI=1S/C6H7BrN2/c1-8-5-2-3-6(7)9-4-5/h2-4,8H,1H3/i1D3. The van der Waals surface area contributed by atoms with Gasteiger partial charge in [-0.15, -0.1) is 0 Å². The summed E-state index contributed by atoms with van der Waals surface area (Å²) in [6.45, 7) is -2.16. The summed E-state index contributed by atoms with van der Waals surface area (Å²) in [5.74, 6) is 0. The molecule has 0 unspecified atom stereocenters. The van der Waals surface area contributed by atoms with Gasteiger partial charge >= 0.3 is 0 Å². The van der Waals surface area contributed by atoms with Gasteiger partial charge in [-0.05, 0) is 28.1 Å². The number of rotatable bonds is 1. The second kappa shape index (κ2) is 2.82. The molecule has 1 aromatic rings. The molecule has 1 N–H and O–H groups in total. The summed E-state index contributed by atoms with van der Waals surface area (Å²) >= 11 is 3.15. The lowest BCUT2D eigenvalue weighted by Gasteiger charge is -1.95. The Morgan fingerprint density at radius 1 is 1.78 bits per heavy atom. The summed E-state index contributed by atoms with van der Waals surface area (Å²) in [6.07, 6.45) is 1.45. The molecule has 0 saturated heterocycles. The predicted molar refractivity (Wildman–Crippen MR) is 41.5 cm³/mol. The SMILES string of the molecule is [2H]C([2H])([2H])Nc1ccc(Br)nc1. The summed E-state index contributed by atoms with van der Waals surface area (Å²) < 4.78 is 21.4. The van der Waals surface area contributed by atoms with Crippen molar-refractivity contribution in [1.82, 2.24) is 4.98 Å². The maximum absolute atomic E-state index is 6.91. The maximum Gasteiger partial charge on any atom is 0.106 e. The summed E-state index contributed by atoms with van der Waals surface area (Å²) in [5.41, 5.74) is 0.484. The normalized spacial score (nSPS) is 15.4. The fourth-order valence-electron chi connectivity index (χ4n) is 0.450. The number of pyridine rings is 1. The van der Waals surface area contributed by atoms with Crippen LogP contribution in [0.3, 0.4) is 0 Å². The Labute approximate surface area is 66.6 Å². The Bertz CT molecular complexity index is 256. The number of nitrogens with one attached hydrogen (secondary N) is 1. The van der Waals surface area contributed by atoms with Crippen LogP contribution < -0.4 is 5.32 Å². The molecule has 0 aliphatic heterocycles. The van der Waals surface area contributed by atoms with E-state index < -0.39 is 6.98 Å². The van der Waals surface area contributed by atoms with Gasteiger partial charge in [-0.25, -0.2) is 4.98 Å². The number of halogens is 1. The summed E-state index contributed by atoms with van der Waals surface area (Å²) in [7, 11) is 0. The first-order chi connectivity index (χ1) is 5.47. The van der Waals surface area contributed by atoms with Crippen molar-refractivity contribution < 1.29 is 4.11 Å². The van der Waals surface area contributed by atoms with E-state index in [0.29, 0.717) is 10.3 Å². The number of hydrogen-bond donors (Lipinski definition) is 1. The molecule has 2 nitrogen and oxygen atoms in total. The molecule has 0 atom stereocenters. The third-order valence-corrected chi connectivity index (χ3v) is 1.34. The molecular weight excluding hydrogens is 180 g/mol. The fraction of sp³-hybridized carbons (Fsp3) is 0.167. The van der Waals surface area contributed by atoms with E-state index in [4.69, 9.17) is 4.11 Å². The number of anilines is 1. The van der Waals surface area contributed by atoms with Gasteiger partial charge in [0.1, 0.15) is 4.60 Å². The molecule has 1 heterocycles. The van der Waals surface area contributed by atoms with Crippen molar-refractivity contribution in [2.24, 2.45) is 0 Å². The molecule has 9 heavy (non-hydrogen) atoms. The molecular formula is C6H7BrN2. The van der Waals surface area contributed by atoms with Crippen LogP contribution in [0, 0.1) is 0 Å². The highest BCUT2D eigenvalue weighted by molar-refractivity contribution is 9.10. The van der Waals surface area contributed by atoms with Gasteiger partial charge in [0, 0.05) is 11.1 Å². The molecule has 0 saturated carbocycles. The smallest absolute Gasteiger partial charge is 0.106 e. The average Bonchev–Trinajstić information content (AvgIpc) is 1.91. The Morgan fingerprint density at radius 3 is 3.22 bits per heavy atom. The number of hydrogen-bond acceptors (Lipinski definition) is 2. The van der Waals surface area contributed by atoms with Gasteiger partial charge in [-0.1, -0.05) is 0 Å². The van der Waals surface area contributed by atoms with Gasteiger partial charge < -0.3 is 5.32 Å². The lowest BCUT2D eigenvalue weighted by atomic mass is 10.4. The van der Waals surface area contributed by atoms with Crippen molar-refractivity contribution in [3.63, 3.8) is 0 Å². The molecule has 0 spiro atoms. The van der Waals surface area contributed by atoms with E-state index in [0.717, 1.165) is 0 Å². The van der Waals surface area contributed by atoms with Crippen molar-refractivity contribution in [2.45, 2.75) is 0 Å². The van der Waals surface area contributed by atoms with Crippen LogP contribution in [0.4, 0.5) is 5.69 Å². The van der Waals surface area contributed by atoms with E-state index in [-0.39, 0.29) is 0 Å². The van der Waals surface area contributed by atoms with Gasteiger partial charge in [0.25, 0.3) is 0 Å². The minimum atomic E-state index is -2.16. The highest BCUT2D eigenvalue weighted by atomic mass is 79.9. The topological polar surface area (TPSA) is 24.9 Å². The van der Waals surface area contributed by atoms with Gasteiger partial charge in [0.05, 0.1) is 11.9 Å². The first-order valence-electron chi connectivity index (χ1n) is 3.87. The Morgan fingerprint density at radius 2 is 2.67 bits per heavy atom. The zero-order valence-corrected chi connectivity index (χ0v) is 6.14. The van der Waals surface area contributed by atoms with Gasteiger partial charge in [-0.3, -0.25) is 0 Å². The van der Waals surface area contributed by atoms with E-state index in [9.17, 15) is 0 Å². The van der Waals surface area contributed by atoms with Crippen LogP contribution in [-0.2, 0) is 0 Å². The Hall–Kier alpha value is -0.570. The van der Waals surface area contributed by atoms with Crippen LogP contribution >= 0.6 is 15.9 Å². The minimum absolute atomic E-state index is 0.484. The van der Waals surface area contributed by atoms with Crippen molar-refractivity contribution in [3.05, 3.63) is 22.9 Å². The fourth-order valence-corrected chi connectivity index (χ4v) is 0.684. The van der Waals surface area contributed by atoms with E-state index >= 15 is 0 Å². The molecule has 0 fully saturated rings. The van der Waals surface area contributed by atoms with E-state index in [1.165, 1.54) is 6.20 Å². The molecule has 0 aliphatic rings. The van der Waals surface area contributed by atoms with Crippen LogP contribution in [0.1, 0.15) is 4.11 Å². The summed E-state index contributed by atoms with van der Waals surface area (Å²) in [5, 5.41) is 2.32. The quantitative estimate of drug-likeness (QED) is 0.684. The summed E-state index contributed by atoms with van der Waals surface area (Å²) in [4.78, 5) is 3.87. The molecule has 1 rings (SSSR count). The first kappa shape index (κ1) is 3.56. The van der Waals surface area contributed by atoms with E-state index in [1.807, 2.05) is 0 Å². The zero-order chi connectivity index (χ0) is 9.19. The van der Waals surface area contributed by atoms with Gasteiger partial charge in [0.15, 0.2) is 0 Å². The number of aromatic nitrogens is 1. The monoisotopic (exact) mass is 189 g/mol. The molecule has 0 aliphatic carbocycles. The van der Waals surface area contributed by atoms with E-state index in [2.05, 4.69) is 26.2 Å². The number of nitrogens with zero attached hydrogens (tertiary/aromatic N) is 1. The second-order valence-electron chi connectivity index (χ2n) is 1.49. The molecule has 3 heteroatoms. The van der Waals surface area contributed by atoms with Crippen LogP contribution in [0.2, 0.25) is 0 Å². The highest BCUT2D eigenvalue weighted by Crippen LogP contribution is 2.08. The Balaban J connectivity index is 2.71.